The van der Waals surface area contributed by atoms with E-state index < -0.39 is 0 Å². The summed E-state index contributed by atoms with van der Waals surface area (Å²) in [5, 5.41) is 4.90. The van der Waals surface area contributed by atoms with E-state index in [1.165, 1.54) is 6.07 Å². The van der Waals surface area contributed by atoms with Crippen molar-refractivity contribution in [3.63, 3.8) is 0 Å². The van der Waals surface area contributed by atoms with Crippen LogP contribution in [0.5, 0.6) is 0 Å². The molecule has 18 heavy (non-hydrogen) atoms. The number of rotatable bonds is 1. The first-order valence-corrected chi connectivity index (χ1v) is 6.35. The first-order valence-electron chi connectivity index (χ1n) is 6.35. The fraction of sp³-hybridized carbons (Fsp3) is 0.357. The van der Waals surface area contributed by atoms with Crippen LogP contribution < -0.4 is 10.2 Å². The van der Waals surface area contributed by atoms with Gasteiger partial charge in [-0.2, -0.15) is 0 Å². The van der Waals surface area contributed by atoms with Crippen LogP contribution in [0.3, 0.4) is 0 Å². The molecular weight excluding hydrogens is 229 g/mol. The second-order valence-electron chi connectivity index (χ2n) is 4.56. The van der Waals surface area contributed by atoms with Crippen LogP contribution in [0.25, 0.3) is 10.8 Å². The molecule has 0 saturated carbocycles. The predicted octanol–water partition coefficient (Wildman–Crippen LogP) is 2.17. The van der Waals surface area contributed by atoms with Crippen LogP contribution in [0.2, 0.25) is 0 Å². The van der Waals surface area contributed by atoms with Gasteiger partial charge in [-0.15, -0.1) is 0 Å². The van der Waals surface area contributed by atoms with Crippen LogP contribution in [0.1, 0.15) is 6.42 Å². The molecule has 1 aliphatic rings. The van der Waals surface area contributed by atoms with Crippen molar-refractivity contribution in [2.45, 2.75) is 6.42 Å². The molecule has 1 saturated heterocycles. The normalized spacial score (nSPS) is 16.8. The number of pyridine rings is 1. The average molecular weight is 245 g/mol. The summed E-state index contributed by atoms with van der Waals surface area (Å²) in [6, 6.07) is 7.03. The van der Waals surface area contributed by atoms with Crippen LogP contribution in [-0.4, -0.2) is 31.2 Å². The minimum absolute atomic E-state index is 0.187. The number of hydrogen-bond acceptors (Lipinski definition) is 3. The van der Waals surface area contributed by atoms with Crippen molar-refractivity contribution in [1.29, 1.82) is 0 Å². The van der Waals surface area contributed by atoms with Crippen LogP contribution in [0.4, 0.5) is 10.2 Å². The van der Waals surface area contributed by atoms with Gasteiger partial charge in [-0.05, 0) is 30.5 Å². The molecule has 0 aliphatic carbocycles. The molecule has 0 atom stereocenters. The Bertz CT molecular complexity index is 542. The molecular formula is C14H16FN3. The summed E-state index contributed by atoms with van der Waals surface area (Å²) < 4.78 is 14.0. The lowest BCUT2D eigenvalue weighted by Crippen LogP contribution is -2.28. The van der Waals surface area contributed by atoms with Crippen molar-refractivity contribution >= 4 is 16.6 Å². The van der Waals surface area contributed by atoms with E-state index in [1.54, 1.807) is 12.3 Å². The minimum atomic E-state index is -0.187. The first-order chi connectivity index (χ1) is 8.86. The van der Waals surface area contributed by atoms with Gasteiger partial charge in [-0.1, -0.05) is 12.1 Å². The quantitative estimate of drug-likeness (QED) is 0.834. The van der Waals surface area contributed by atoms with Crippen LogP contribution in [-0.2, 0) is 0 Å². The Kier molecular flexibility index (Phi) is 3.11. The Morgan fingerprint density at radius 3 is 3.06 bits per heavy atom. The molecule has 94 valence electrons. The molecule has 1 aromatic carbocycles. The fourth-order valence-corrected chi connectivity index (χ4v) is 2.47. The van der Waals surface area contributed by atoms with Crippen LogP contribution >= 0.6 is 0 Å². The largest absolute Gasteiger partial charge is 0.355 e. The molecule has 3 rings (SSSR count). The maximum atomic E-state index is 14.0. The van der Waals surface area contributed by atoms with Gasteiger partial charge in [0.15, 0.2) is 0 Å². The smallest absolute Gasteiger partial charge is 0.139 e. The molecule has 0 bridgehead atoms. The van der Waals surface area contributed by atoms with Gasteiger partial charge in [0, 0.05) is 25.8 Å². The second kappa shape index (κ2) is 4.90. The number of fused-ring (bicyclic) bond motifs is 1. The van der Waals surface area contributed by atoms with Gasteiger partial charge in [0.25, 0.3) is 0 Å². The maximum Gasteiger partial charge on any atom is 0.139 e. The SMILES string of the molecule is Fc1cccc2ccnc(N3CCCNCC3)c12. The Morgan fingerprint density at radius 1 is 1.17 bits per heavy atom. The van der Waals surface area contributed by atoms with Gasteiger partial charge < -0.3 is 10.2 Å². The molecule has 1 aromatic heterocycles. The molecule has 3 nitrogen and oxygen atoms in total. The standard InChI is InChI=1S/C14H16FN3/c15-12-4-1-3-11-5-7-17-14(13(11)12)18-9-2-6-16-8-10-18/h1,3-5,7,16H,2,6,8-10H2. The summed E-state index contributed by atoms with van der Waals surface area (Å²) in [5.41, 5.74) is 0. The molecule has 2 aromatic rings. The zero-order valence-corrected chi connectivity index (χ0v) is 10.2. The van der Waals surface area contributed by atoms with Crippen molar-refractivity contribution in [2.24, 2.45) is 0 Å². The molecule has 1 N–H and O–H groups in total. The first kappa shape index (κ1) is 11.4. The van der Waals surface area contributed by atoms with E-state index in [0.717, 1.165) is 43.8 Å². The van der Waals surface area contributed by atoms with Gasteiger partial charge in [0.1, 0.15) is 11.6 Å². The lowest BCUT2D eigenvalue weighted by molar-refractivity contribution is 0.638. The summed E-state index contributed by atoms with van der Waals surface area (Å²) in [5.74, 6) is 0.585. The predicted molar refractivity (Wildman–Crippen MR) is 71.4 cm³/mol. The number of benzene rings is 1. The van der Waals surface area contributed by atoms with Gasteiger partial charge >= 0.3 is 0 Å². The molecule has 0 radical (unpaired) electrons. The number of anilines is 1. The van der Waals surface area contributed by atoms with Crippen molar-refractivity contribution in [3.05, 3.63) is 36.3 Å². The zero-order valence-electron chi connectivity index (χ0n) is 10.2. The summed E-state index contributed by atoms with van der Waals surface area (Å²) >= 11 is 0. The van der Waals surface area contributed by atoms with E-state index in [4.69, 9.17) is 0 Å². The van der Waals surface area contributed by atoms with Crippen molar-refractivity contribution in [3.8, 4) is 0 Å². The van der Waals surface area contributed by atoms with E-state index in [1.807, 2.05) is 12.1 Å². The maximum absolute atomic E-state index is 14.0. The number of hydrogen-bond donors (Lipinski definition) is 1. The molecule has 0 amide bonds. The van der Waals surface area contributed by atoms with Crippen molar-refractivity contribution < 1.29 is 4.39 Å². The fourth-order valence-electron chi connectivity index (χ4n) is 2.47. The van der Waals surface area contributed by atoms with Gasteiger partial charge in [-0.3, -0.25) is 0 Å². The van der Waals surface area contributed by atoms with E-state index in [-0.39, 0.29) is 5.82 Å². The van der Waals surface area contributed by atoms with Crippen molar-refractivity contribution in [1.82, 2.24) is 10.3 Å². The molecule has 0 unspecified atom stereocenters. The third kappa shape index (κ3) is 2.04. The number of halogens is 1. The Morgan fingerprint density at radius 2 is 2.11 bits per heavy atom. The van der Waals surface area contributed by atoms with Crippen molar-refractivity contribution in [2.75, 3.05) is 31.1 Å². The lowest BCUT2D eigenvalue weighted by atomic mass is 10.1. The third-order valence-electron chi connectivity index (χ3n) is 3.36. The van der Waals surface area contributed by atoms with Crippen LogP contribution in [0, 0.1) is 5.82 Å². The zero-order chi connectivity index (χ0) is 12.4. The average Bonchev–Trinajstić information content (AvgIpc) is 2.67. The Hall–Kier alpha value is -1.68. The number of aromatic nitrogens is 1. The van der Waals surface area contributed by atoms with Gasteiger partial charge in [-0.25, -0.2) is 9.37 Å². The third-order valence-corrected chi connectivity index (χ3v) is 3.36. The number of nitrogens with zero attached hydrogens (tertiary/aromatic N) is 2. The molecule has 0 spiro atoms. The topological polar surface area (TPSA) is 28.2 Å². The van der Waals surface area contributed by atoms with E-state index in [9.17, 15) is 4.39 Å². The molecule has 4 heteroatoms. The highest BCUT2D eigenvalue weighted by Gasteiger charge is 2.15. The molecule has 1 fully saturated rings. The highest BCUT2D eigenvalue weighted by Crippen LogP contribution is 2.27. The minimum Gasteiger partial charge on any atom is -0.355 e. The summed E-state index contributed by atoms with van der Waals surface area (Å²) in [4.78, 5) is 6.56. The van der Waals surface area contributed by atoms with E-state index in [2.05, 4.69) is 15.2 Å². The Labute approximate surface area is 106 Å². The Balaban J connectivity index is 2.10. The monoisotopic (exact) mass is 245 g/mol. The summed E-state index contributed by atoms with van der Waals surface area (Å²) in [6.45, 7) is 3.74. The molecule has 2 heterocycles. The van der Waals surface area contributed by atoms with Crippen LogP contribution in [0.15, 0.2) is 30.5 Å². The summed E-state index contributed by atoms with van der Waals surface area (Å²) in [7, 11) is 0. The highest BCUT2D eigenvalue weighted by molar-refractivity contribution is 5.92. The number of nitrogens with one attached hydrogen (secondary N) is 1. The molecule has 1 aliphatic heterocycles. The summed E-state index contributed by atoms with van der Waals surface area (Å²) in [6.07, 6.45) is 2.82. The van der Waals surface area contributed by atoms with E-state index >= 15 is 0 Å². The lowest BCUT2D eigenvalue weighted by Gasteiger charge is -2.22. The van der Waals surface area contributed by atoms with E-state index in [0.29, 0.717) is 5.39 Å². The second-order valence-corrected chi connectivity index (χ2v) is 4.56. The van der Waals surface area contributed by atoms with Gasteiger partial charge in [0.05, 0.1) is 5.39 Å². The highest BCUT2D eigenvalue weighted by atomic mass is 19.1. The van der Waals surface area contributed by atoms with Gasteiger partial charge in [0.2, 0.25) is 0 Å².